The highest BCUT2D eigenvalue weighted by Crippen LogP contribution is 2.12. The van der Waals surface area contributed by atoms with Gasteiger partial charge in [-0.3, -0.25) is 0 Å². The molecule has 0 aliphatic rings. The van der Waals surface area contributed by atoms with E-state index in [1.807, 2.05) is 54.6 Å². The number of fused-ring (bicyclic) bond motifs is 1. The van der Waals surface area contributed by atoms with Crippen molar-refractivity contribution in [3.8, 4) is 0 Å². The number of hydrogen-bond donors (Lipinski definition) is 1. The lowest BCUT2D eigenvalue weighted by Crippen LogP contribution is -2.15. The average molecular weight is 238 g/mol. The van der Waals surface area contributed by atoms with Gasteiger partial charge in [0.15, 0.2) is 0 Å². The Morgan fingerprint density at radius 1 is 1.00 bits per heavy atom. The van der Waals surface area contributed by atoms with E-state index in [2.05, 4.69) is 15.5 Å². The predicted octanol–water partition coefficient (Wildman–Crippen LogP) is 2.12. The Bertz CT molecular complexity index is 703. The molecule has 1 N–H and O–H groups in total. The van der Waals surface area contributed by atoms with Crippen LogP contribution >= 0.6 is 0 Å². The minimum atomic E-state index is 0.351. The summed E-state index contributed by atoms with van der Waals surface area (Å²) in [4.78, 5) is 0. The van der Waals surface area contributed by atoms with Crippen LogP contribution in [0, 0.1) is 0 Å². The first-order valence-electron chi connectivity index (χ1n) is 5.48. The smallest absolute Gasteiger partial charge is 0.201 e. The lowest BCUT2D eigenvalue weighted by atomic mass is 10.2. The van der Waals surface area contributed by atoms with E-state index < -0.39 is 0 Å². The summed E-state index contributed by atoms with van der Waals surface area (Å²) in [7, 11) is 0. The molecule has 1 aromatic heterocycles. The van der Waals surface area contributed by atoms with Crippen LogP contribution in [0.1, 0.15) is 5.56 Å². The summed E-state index contributed by atoms with van der Waals surface area (Å²) in [5, 5.41) is 20.6. The fourth-order valence-electron chi connectivity index (χ4n) is 1.83. The zero-order chi connectivity index (χ0) is 12.4. The van der Waals surface area contributed by atoms with E-state index in [4.69, 9.17) is 0 Å². The van der Waals surface area contributed by atoms with Crippen molar-refractivity contribution in [2.24, 2.45) is 5.16 Å². The molecule has 0 radical (unpaired) electrons. The van der Waals surface area contributed by atoms with E-state index in [0.717, 1.165) is 16.6 Å². The summed E-state index contributed by atoms with van der Waals surface area (Å²) < 4.78 is 1.52. The molecular weight excluding hydrogens is 228 g/mol. The van der Waals surface area contributed by atoms with Crippen LogP contribution < -0.4 is 0 Å². The Hall–Kier alpha value is -2.69. The Morgan fingerprint density at radius 2 is 1.72 bits per heavy atom. The molecule has 0 spiro atoms. The van der Waals surface area contributed by atoms with Gasteiger partial charge in [0.25, 0.3) is 0 Å². The van der Waals surface area contributed by atoms with Crippen LogP contribution in [0.4, 0.5) is 0 Å². The van der Waals surface area contributed by atoms with Crippen molar-refractivity contribution in [2.75, 3.05) is 0 Å². The lowest BCUT2D eigenvalue weighted by Gasteiger charge is -2.04. The molecule has 3 rings (SSSR count). The topological polar surface area (TPSA) is 63.3 Å². The van der Waals surface area contributed by atoms with Crippen LogP contribution in [0.3, 0.4) is 0 Å². The zero-order valence-corrected chi connectivity index (χ0v) is 9.43. The summed E-state index contributed by atoms with van der Waals surface area (Å²) in [5.41, 5.74) is 2.33. The second kappa shape index (κ2) is 4.29. The largest absolute Gasteiger partial charge is 0.409 e. The number of nitrogens with zero attached hydrogens (tertiary/aromatic N) is 4. The predicted molar refractivity (Wildman–Crippen MR) is 67.7 cm³/mol. The van der Waals surface area contributed by atoms with Gasteiger partial charge in [-0.2, -0.15) is 4.68 Å². The van der Waals surface area contributed by atoms with Gasteiger partial charge in [-0.05, 0) is 12.1 Å². The molecular formula is C13H10N4O. The molecule has 0 amide bonds. The maximum absolute atomic E-state index is 9.21. The molecule has 1 heterocycles. The van der Waals surface area contributed by atoms with E-state index in [9.17, 15) is 5.21 Å². The quantitative estimate of drug-likeness (QED) is 0.305. The van der Waals surface area contributed by atoms with Crippen molar-refractivity contribution in [2.45, 2.75) is 0 Å². The average Bonchev–Trinajstić information content (AvgIpc) is 2.85. The molecule has 2 aromatic carbocycles. The number of hydrogen-bond acceptors (Lipinski definition) is 4. The van der Waals surface area contributed by atoms with Gasteiger partial charge in [0.05, 0.1) is 5.52 Å². The molecule has 18 heavy (non-hydrogen) atoms. The van der Waals surface area contributed by atoms with Gasteiger partial charge < -0.3 is 5.21 Å². The van der Waals surface area contributed by atoms with Gasteiger partial charge in [0.2, 0.25) is 5.84 Å². The van der Waals surface area contributed by atoms with Crippen molar-refractivity contribution >= 4 is 16.9 Å². The standard InChI is InChI=1S/C13H10N4O/c18-15-13(10-6-2-1-3-7-10)17-12-9-5-4-8-11(12)14-16-17/h1-9,18H/b15-13-. The molecule has 0 fully saturated rings. The molecule has 0 aliphatic carbocycles. The Labute approximate surface area is 103 Å². The molecule has 0 saturated carbocycles. The highest BCUT2D eigenvalue weighted by molar-refractivity contribution is 6.03. The van der Waals surface area contributed by atoms with Gasteiger partial charge in [0.1, 0.15) is 5.52 Å². The van der Waals surface area contributed by atoms with Crippen LogP contribution in [-0.4, -0.2) is 26.0 Å². The van der Waals surface area contributed by atoms with Gasteiger partial charge in [0, 0.05) is 5.56 Å². The number of benzene rings is 2. The molecule has 88 valence electrons. The van der Waals surface area contributed by atoms with Gasteiger partial charge in [-0.15, -0.1) is 5.10 Å². The lowest BCUT2D eigenvalue weighted by molar-refractivity contribution is 0.316. The van der Waals surface area contributed by atoms with E-state index >= 15 is 0 Å². The number of rotatable bonds is 1. The number of aromatic nitrogens is 3. The number of oxime groups is 1. The van der Waals surface area contributed by atoms with Crippen LogP contribution in [-0.2, 0) is 0 Å². The molecule has 5 nitrogen and oxygen atoms in total. The van der Waals surface area contributed by atoms with E-state index in [1.54, 1.807) is 0 Å². The molecule has 0 bridgehead atoms. The molecule has 3 aromatic rings. The van der Waals surface area contributed by atoms with Crippen molar-refractivity contribution in [3.05, 3.63) is 60.2 Å². The highest BCUT2D eigenvalue weighted by atomic mass is 16.4. The Balaban J connectivity index is 2.19. The van der Waals surface area contributed by atoms with Gasteiger partial charge in [-0.25, -0.2) is 0 Å². The third-order valence-electron chi connectivity index (χ3n) is 2.68. The van der Waals surface area contributed by atoms with Gasteiger partial charge in [-0.1, -0.05) is 52.8 Å². The maximum atomic E-state index is 9.21. The second-order valence-electron chi connectivity index (χ2n) is 3.78. The zero-order valence-electron chi connectivity index (χ0n) is 9.43. The summed E-state index contributed by atoms with van der Waals surface area (Å²) in [6.07, 6.45) is 0. The first-order chi connectivity index (χ1) is 8.90. The van der Waals surface area contributed by atoms with Crippen LogP contribution in [0.15, 0.2) is 59.8 Å². The molecule has 0 unspecified atom stereocenters. The summed E-state index contributed by atoms with van der Waals surface area (Å²) in [5.74, 6) is 0.351. The van der Waals surface area contributed by atoms with Gasteiger partial charge >= 0.3 is 0 Å². The van der Waals surface area contributed by atoms with Crippen LogP contribution in [0.2, 0.25) is 0 Å². The third kappa shape index (κ3) is 1.62. The van der Waals surface area contributed by atoms with Crippen molar-refractivity contribution in [1.82, 2.24) is 15.0 Å². The molecule has 0 atom stereocenters. The minimum absolute atomic E-state index is 0.351. The molecule has 0 aliphatic heterocycles. The SMILES string of the molecule is O/N=C(/c1ccccc1)n1nnc2ccccc21. The summed E-state index contributed by atoms with van der Waals surface area (Å²) >= 11 is 0. The third-order valence-corrected chi connectivity index (χ3v) is 2.68. The van der Waals surface area contributed by atoms with Crippen molar-refractivity contribution in [1.29, 1.82) is 0 Å². The first-order valence-corrected chi connectivity index (χ1v) is 5.48. The Morgan fingerprint density at radius 3 is 2.50 bits per heavy atom. The molecule has 5 heteroatoms. The fraction of sp³-hybridized carbons (Fsp3) is 0. The van der Waals surface area contributed by atoms with E-state index in [0.29, 0.717) is 5.84 Å². The normalized spacial score (nSPS) is 11.9. The van der Waals surface area contributed by atoms with Crippen LogP contribution in [0.25, 0.3) is 11.0 Å². The van der Waals surface area contributed by atoms with E-state index in [1.165, 1.54) is 4.68 Å². The number of para-hydroxylation sites is 1. The van der Waals surface area contributed by atoms with Crippen molar-refractivity contribution in [3.63, 3.8) is 0 Å². The van der Waals surface area contributed by atoms with Crippen LogP contribution in [0.5, 0.6) is 0 Å². The Kier molecular flexibility index (Phi) is 2.49. The highest BCUT2D eigenvalue weighted by Gasteiger charge is 2.12. The minimum Gasteiger partial charge on any atom is -0.409 e. The first kappa shape index (κ1) is 10.5. The second-order valence-corrected chi connectivity index (χ2v) is 3.78. The summed E-state index contributed by atoms with van der Waals surface area (Å²) in [6, 6.07) is 16.9. The maximum Gasteiger partial charge on any atom is 0.201 e. The fourth-order valence-corrected chi connectivity index (χ4v) is 1.83. The van der Waals surface area contributed by atoms with E-state index in [-0.39, 0.29) is 0 Å². The molecule has 0 saturated heterocycles. The monoisotopic (exact) mass is 238 g/mol. The summed E-state index contributed by atoms with van der Waals surface area (Å²) in [6.45, 7) is 0. The van der Waals surface area contributed by atoms with Crippen molar-refractivity contribution < 1.29 is 5.21 Å².